The van der Waals surface area contributed by atoms with Crippen molar-refractivity contribution < 1.29 is 9.59 Å². The van der Waals surface area contributed by atoms with Gasteiger partial charge in [0.05, 0.1) is 5.41 Å². The molecule has 2 aromatic carbocycles. The number of fused-ring (bicyclic) bond motifs is 2. The number of amides is 1. The molecule has 3 heteroatoms. The summed E-state index contributed by atoms with van der Waals surface area (Å²) >= 11 is 0. The van der Waals surface area contributed by atoms with Crippen LogP contribution in [0.3, 0.4) is 0 Å². The van der Waals surface area contributed by atoms with Crippen LogP contribution in [0, 0.1) is 6.92 Å². The van der Waals surface area contributed by atoms with Crippen LogP contribution < -0.4 is 5.32 Å². The molecule has 0 radical (unpaired) electrons. The molecule has 4 rings (SSSR count). The number of nitrogens with one attached hydrogen (secondary N) is 1. The maximum Gasteiger partial charge on any atom is 0.235 e. The van der Waals surface area contributed by atoms with Crippen LogP contribution in [0.5, 0.6) is 0 Å². The summed E-state index contributed by atoms with van der Waals surface area (Å²) in [6, 6.07) is 14.3. The fraction of sp³-hybridized carbons (Fsp3) is 0.300. The summed E-state index contributed by atoms with van der Waals surface area (Å²) in [7, 11) is 0. The number of Topliss-reactive ketones (excluding diaryl/α,β-unsaturated/α-hetero) is 1. The van der Waals surface area contributed by atoms with E-state index in [1.165, 1.54) is 0 Å². The number of carbonyl (C=O) groups excluding carboxylic acids is 2. The second kappa shape index (κ2) is 5.05. The molecule has 0 atom stereocenters. The minimum Gasteiger partial charge on any atom is -0.325 e. The lowest BCUT2D eigenvalue weighted by atomic mass is 9.68. The molecule has 1 aliphatic carbocycles. The first kappa shape index (κ1) is 14.2. The van der Waals surface area contributed by atoms with Crippen LogP contribution >= 0.6 is 0 Å². The standard InChI is InChI=1S/C20H19NO2/c1-13-16(14-5-3-2-4-6-14)7-8-17-18(13)20(19(23)21-17)11-9-15(22)10-12-20/h2-8H,9-12H2,1H3,(H,21,23). The van der Waals surface area contributed by atoms with Gasteiger partial charge in [0.1, 0.15) is 5.78 Å². The molecule has 3 nitrogen and oxygen atoms in total. The Hall–Kier alpha value is -2.42. The van der Waals surface area contributed by atoms with Crippen LogP contribution in [-0.2, 0) is 15.0 Å². The minimum atomic E-state index is -0.516. The predicted molar refractivity (Wildman–Crippen MR) is 90.4 cm³/mol. The highest BCUT2D eigenvalue weighted by Crippen LogP contribution is 2.49. The minimum absolute atomic E-state index is 0.0633. The molecule has 0 aromatic heterocycles. The summed E-state index contributed by atoms with van der Waals surface area (Å²) in [4.78, 5) is 24.4. The van der Waals surface area contributed by atoms with Crippen molar-refractivity contribution >= 4 is 17.4 Å². The van der Waals surface area contributed by atoms with Crippen LogP contribution in [0.1, 0.15) is 36.8 Å². The average molecular weight is 305 g/mol. The Morgan fingerprint density at radius 1 is 0.957 bits per heavy atom. The van der Waals surface area contributed by atoms with E-state index in [1.807, 2.05) is 24.3 Å². The fourth-order valence-corrected chi connectivity index (χ4v) is 4.15. The first-order valence-electron chi connectivity index (χ1n) is 8.14. The van der Waals surface area contributed by atoms with E-state index in [2.05, 4.69) is 30.4 Å². The highest BCUT2D eigenvalue weighted by atomic mass is 16.2. The van der Waals surface area contributed by atoms with Gasteiger partial charge < -0.3 is 5.32 Å². The van der Waals surface area contributed by atoms with Gasteiger partial charge >= 0.3 is 0 Å². The van der Waals surface area contributed by atoms with Gasteiger partial charge in [0.2, 0.25) is 5.91 Å². The zero-order valence-corrected chi connectivity index (χ0v) is 13.2. The van der Waals surface area contributed by atoms with Crippen LogP contribution in [0.2, 0.25) is 0 Å². The van der Waals surface area contributed by atoms with Crippen molar-refractivity contribution in [1.82, 2.24) is 0 Å². The van der Waals surface area contributed by atoms with Gasteiger partial charge in [-0.15, -0.1) is 0 Å². The quantitative estimate of drug-likeness (QED) is 0.865. The van der Waals surface area contributed by atoms with E-state index in [9.17, 15) is 9.59 Å². The molecule has 1 N–H and O–H groups in total. The second-order valence-corrected chi connectivity index (χ2v) is 6.60. The molecule has 1 amide bonds. The van der Waals surface area contributed by atoms with Gasteiger partial charge in [0.25, 0.3) is 0 Å². The molecular formula is C20H19NO2. The number of benzene rings is 2. The molecule has 1 fully saturated rings. The average Bonchev–Trinajstić information content (AvgIpc) is 2.84. The lowest BCUT2D eigenvalue weighted by Gasteiger charge is -2.32. The van der Waals surface area contributed by atoms with Crippen molar-refractivity contribution in [3.8, 4) is 11.1 Å². The van der Waals surface area contributed by atoms with Gasteiger partial charge in [0.15, 0.2) is 0 Å². The monoisotopic (exact) mass is 305 g/mol. The van der Waals surface area contributed by atoms with E-state index >= 15 is 0 Å². The first-order valence-corrected chi connectivity index (χ1v) is 8.14. The predicted octanol–water partition coefficient (Wildman–Crippen LogP) is 4.00. The highest BCUT2D eigenvalue weighted by Gasteiger charge is 2.49. The molecule has 1 aliphatic heterocycles. The van der Waals surface area contributed by atoms with Crippen molar-refractivity contribution in [1.29, 1.82) is 0 Å². The molecule has 1 saturated carbocycles. The van der Waals surface area contributed by atoms with Gasteiger partial charge in [-0.1, -0.05) is 36.4 Å². The first-order chi connectivity index (χ1) is 11.1. The van der Waals surface area contributed by atoms with E-state index in [0.717, 1.165) is 27.9 Å². The Labute approximate surface area is 135 Å². The number of carbonyl (C=O) groups is 2. The van der Waals surface area contributed by atoms with Crippen LogP contribution in [0.4, 0.5) is 5.69 Å². The SMILES string of the molecule is Cc1c(-c2ccccc2)ccc2c1C1(CCC(=O)CC1)C(=O)N2. The number of ketones is 1. The van der Waals surface area contributed by atoms with Crippen molar-refractivity contribution in [3.05, 3.63) is 53.6 Å². The van der Waals surface area contributed by atoms with Gasteiger partial charge in [-0.2, -0.15) is 0 Å². The van der Waals surface area contributed by atoms with Crippen LogP contribution in [0.15, 0.2) is 42.5 Å². The lowest BCUT2D eigenvalue weighted by Crippen LogP contribution is -2.38. The molecule has 116 valence electrons. The highest BCUT2D eigenvalue weighted by molar-refractivity contribution is 6.08. The van der Waals surface area contributed by atoms with Gasteiger partial charge in [-0.25, -0.2) is 0 Å². The van der Waals surface area contributed by atoms with Gasteiger partial charge in [-0.3, -0.25) is 9.59 Å². The van der Waals surface area contributed by atoms with E-state index in [-0.39, 0.29) is 11.7 Å². The maximum atomic E-state index is 12.7. The molecule has 23 heavy (non-hydrogen) atoms. The molecule has 0 saturated heterocycles. The summed E-state index contributed by atoms with van der Waals surface area (Å²) in [5.74, 6) is 0.335. The summed E-state index contributed by atoms with van der Waals surface area (Å²) in [6.45, 7) is 2.10. The van der Waals surface area contributed by atoms with Crippen molar-refractivity contribution in [2.45, 2.75) is 38.0 Å². The summed E-state index contributed by atoms with van der Waals surface area (Å²) < 4.78 is 0. The topological polar surface area (TPSA) is 46.2 Å². The van der Waals surface area contributed by atoms with E-state index in [0.29, 0.717) is 25.7 Å². The Bertz CT molecular complexity index is 798. The van der Waals surface area contributed by atoms with E-state index < -0.39 is 5.41 Å². The third-order valence-electron chi connectivity index (χ3n) is 5.37. The number of hydrogen-bond donors (Lipinski definition) is 1. The molecule has 0 bridgehead atoms. The molecule has 2 aromatic rings. The van der Waals surface area contributed by atoms with Crippen molar-refractivity contribution in [3.63, 3.8) is 0 Å². The van der Waals surface area contributed by atoms with Crippen molar-refractivity contribution in [2.24, 2.45) is 0 Å². The Morgan fingerprint density at radius 3 is 2.35 bits per heavy atom. The number of hydrogen-bond acceptors (Lipinski definition) is 2. The zero-order chi connectivity index (χ0) is 16.0. The molecule has 2 aliphatic rings. The van der Waals surface area contributed by atoms with Crippen LogP contribution in [0.25, 0.3) is 11.1 Å². The Balaban J connectivity index is 1.88. The molecular weight excluding hydrogens is 286 g/mol. The Morgan fingerprint density at radius 2 is 1.65 bits per heavy atom. The third-order valence-corrected chi connectivity index (χ3v) is 5.37. The number of anilines is 1. The maximum absolute atomic E-state index is 12.7. The van der Waals surface area contributed by atoms with Crippen LogP contribution in [-0.4, -0.2) is 11.7 Å². The normalized spacial score (nSPS) is 18.8. The lowest BCUT2D eigenvalue weighted by molar-refractivity contribution is -0.126. The number of rotatable bonds is 1. The molecule has 0 unspecified atom stereocenters. The Kier molecular flexibility index (Phi) is 3.12. The molecule has 1 heterocycles. The summed E-state index contributed by atoms with van der Waals surface area (Å²) in [5, 5.41) is 3.04. The van der Waals surface area contributed by atoms with E-state index in [1.54, 1.807) is 0 Å². The summed E-state index contributed by atoms with van der Waals surface area (Å²) in [6.07, 6.45) is 2.26. The third kappa shape index (κ3) is 2.03. The zero-order valence-electron chi connectivity index (χ0n) is 13.2. The summed E-state index contributed by atoms with van der Waals surface area (Å²) in [5.41, 5.74) is 4.99. The smallest absolute Gasteiger partial charge is 0.235 e. The second-order valence-electron chi connectivity index (χ2n) is 6.60. The van der Waals surface area contributed by atoms with Gasteiger partial charge in [0, 0.05) is 18.5 Å². The molecule has 1 spiro atoms. The van der Waals surface area contributed by atoms with Crippen molar-refractivity contribution in [2.75, 3.05) is 5.32 Å². The largest absolute Gasteiger partial charge is 0.325 e. The fourth-order valence-electron chi connectivity index (χ4n) is 4.15. The van der Waals surface area contributed by atoms with E-state index in [4.69, 9.17) is 0 Å². The van der Waals surface area contributed by atoms with Gasteiger partial charge in [-0.05, 0) is 48.1 Å².